The van der Waals surface area contributed by atoms with Crippen LogP contribution in [0, 0.1) is 0 Å². The predicted octanol–water partition coefficient (Wildman–Crippen LogP) is 1.50. The molecule has 4 heteroatoms. The minimum absolute atomic E-state index is 0.0139. The Balaban J connectivity index is 3.06. The molecule has 0 amide bonds. The zero-order valence-electron chi connectivity index (χ0n) is 6.37. The summed E-state index contributed by atoms with van der Waals surface area (Å²) >= 11 is 0. The quantitative estimate of drug-likeness (QED) is 0.702. The lowest BCUT2D eigenvalue weighted by atomic mass is 10.1. The molecule has 0 saturated carbocycles. The lowest BCUT2D eigenvalue weighted by Crippen LogP contribution is -2.01. The van der Waals surface area contributed by atoms with E-state index in [0.717, 1.165) is 0 Å². The number of aromatic nitrogens is 1. The van der Waals surface area contributed by atoms with Crippen molar-refractivity contribution in [2.24, 2.45) is 0 Å². The molecule has 0 unspecified atom stereocenters. The van der Waals surface area contributed by atoms with Gasteiger partial charge in [-0.25, -0.2) is 4.79 Å². The molecule has 4 nitrogen and oxygen atoms in total. The van der Waals surface area contributed by atoms with Crippen LogP contribution in [0.15, 0.2) is 10.8 Å². The molecule has 0 radical (unpaired) electrons. The molecule has 1 rings (SSSR count). The first-order valence-electron chi connectivity index (χ1n) is 3.30. The van der Waals surface area contributed by atoms with Crippen molar-refractivity contribution in [1.29, 1.82) is 0 Å². The summed E-state index contributed by atoms with van der Waals surface area (Å²) in [4.78, 5) is 10.5. The van der Waals surface area contributed by atoms with Crippen LogP contribution in [0.1, 0.15) is 35.8 Å². The van der Waals surface area contributed by atoms with Crippen molar-refractivity contribution >= 4 is 5.97 Å². The molecule has 0 bridgehead atoms. The van der Waals surface area contributed by atoms with Crippen molar-refractivity contribution in [3.63, 3.8) is 0 Å². The zero-order chi connectivity index (χ0) is 8.43. The molecule has 60 valence electrons. The first-order chi connectivity index (χ1) is 5.13. The van der Waals surface area contributed by atoms with E-state index in [0.29, 0.717) is 5.56 Å². The second-order valence-electron chi connectivity index (χ2n) is 2.58. The summed E-state index contributed by atoms with van der Waals surface area (Å²) in [6.07, 6.45) is 1.37. The maximum atomic E-state index is 10.5. The molecule has 1 N–H and O–H groups in total. The average molecular weight is 155 g/mol. The summed E-state index contributed by atoms with van der Waals surface area (Å²) in [6.45, 7) is 3.78. The third-order valence-corrected chi connectivity index (χ3v) is 1.42. The van der Waals surface area contributed by atoms with Gasteiger partial charge in [0.1, 0.15) is 6.26 Å². The highest BCUT2D eigenvalue weighted by Gasteiger charge is 2.16. The lowest BCUT2D eigenvalue weighted by Gasteiger charge is -1.98. The topological polar surface area (TPSA) is 63.3 Å². The molecule has 0 aromatic carbocycles. The van der Waals surface area contributed by atoms with Crippen LogP contribution in [0.25, 0.3) is 0 Å². The molecule has 1 aromatic rings. The smallest absolute Gasteiger partial charge is 0.358 e. The summed E-state index contributed by atoms with van der Waals surface area (Å²) in [5, 5.41) is 11.9. The van der Waals surface area contributed by atoms with E-state index in [1.54, 1.807) is 0 Å². The highest BCUT2D eigenvalue weighted by atomic mass is 16.5. The van der Waals surface area contributed by atoms with Gasteiger partial charge in [0, 0.05) is 5.56 Å². The Morgan fingerprint density at radius 1 is 1.73 bits per heavy atom. The van der Waals surface area contributed by atoms with E-state index in [4.69, 9.17) is 5.11 Å². The summed E-state index contributed by atoms with van der Waals surface area (Å²) in [6, 6.07) is 0. The van der Waals surface area contributed by atoms with Crippen LogP contribution in [-0.4, -0.2) is 16.2 Å². The van der Waals surface area contributed by atoms with Crippen LogP contribution in [0.2, 0.25) is 0 Å². The van der Waals surface area contributed by atoms with Gasteiger partial charge in [-0.2, -0.15) is 0 Å². The van der Waals surface area contributed by atoms with Crippen LogP contribution in [-0.2, 0) is 0 Å². The largest absolute Gasteiger partial charge is 0.476 e. The number of aromatic carboxylic acids is 1. The van der Waals surface area contributed by atoms with E-state index in [9.17, 15) is 4.79 Å². The fourth-order valence-electron chi connectivity index (χ4n) is 0.816. The van der Waals surface area contributed by atoms with Gasteiger partial charge in [-0.1, -0.05) is 19.0 Å². The number of rotatable bonds is 2. The highest BCUT2D eigenvalue weighted by Crippen LogP contribution is 2.17. The van der Waals surface area contributed by atoms with Gasteiger partial charge in [-0.3, -0.25) is 0 Å². The van der Waals surface area contributed by atoms with E-state index in [1.807, 2.05) is 13.8 Å². The van der Waals surface area contributed by atoms with Crippen molar-refractivity contribution in [2.75, 3.05) is 0 Å². The summed E-state index contributed by atoms with van der Waals surface area (Å²) < 4.78 is 4.54. The van der Waals surface area contributed by atoms with Crippen LogP contribution in [0.5, 0.6) is 0 Å². The zero-order valence-corrected chi connectivity index (χ0v) is 6.37. The van der Waals surface area contributed by atoms with Gasteiger partial charge in [0.2, 0.25) is 0 Å². The number of carboxylic acid groups (broad SMARTS) is 1. The Morgan fingerprint density at radius 2 is 2.36 bits per heavy atom. The normalized spacial score (nSPS) is 10.5. The molecule has 11 heavy (non-hydrogen) atoms. The van der Waals surface area contributed by atoms with E-state index in [2.05, 4.69) is 9.68 Å². The van der Waals surface area contributed by atoms with Crippen molar-refractivity contribution < 1.29 is 14.4 Å². The van der Waals surface area contributed by atoms with Crippen LogP contribution >= 0.6 is 0 Å². The van der Waals surface area contributed by atoms with E-state index in [1.165, 1.54) is 6.26 Å². The van der Waals surface area contributed by atoms with Gasteiger partial charge in [0.25, 0.3) is 0 Å². The Hall–Kier alpha value is -1.32. The molecular formula is C7H9NO3. The second kappa shape index (κ2) is 2.74. The van der Waals surface area contributed by atoms with Gasteiger partial charge in [0.05, 0.1) is 0 Å². The third kappa shape index (κ3) is 1.39. The Bertz CT molecular complexity index is 264. The van der Waals surface area contributed by atoms with Gasteiger partial charge in [-0.15, -0.1) is 0 Å². The highest BCUT2D eigenvalue weighted by molar-refractivity contribution is 5.86. The minimum atomic E-state index is -1.04. The van der Waals surface area contributed by atoms with Crippen molar-refractivity contribution in [3.8, 4) is 0 Å². The maximum absolute atomic E-state index is 10.5. The van der Waals surface area contributed by atoms with Gasteiger partial charge >= 0.3 is 5.97 Å². The van der Waals surface area contributed by atoms with E-state index >= 15 is 0 Å². The number of hydrogen-bond donors (Lipinski definition) is 1. The Morgan fingerprint density at radius 3 is 2.73 bits per heavy atom. The number of carbonyl (C=O) groups is 1. The summed E-state index contributed by atoms with van der Waals surface area (Å²) in [5.74, 6) is -0.908. The summed E-state index contributed by atoms with van der Waals surface area (Å²) in [7, 11) is 0. The maximum Gasteiger partial charge on any atom is 0.358 e. The molecule has 0 saturated heterocycles. The molecule has 0 spiro atoms. The third-order valence-electron chi connectivity index (χ3n) is 1.42. The monoisotopic (exact) mass is 155 g/mol. The number of hydrogen-bond acceptors (Lipinski definition) is 3. The molecule has 0 aliphatic heterocycles. The average Bonchev–Trinajstić information content (AvgIpc) is 2.32. The fraction of sp³-hybridized carbons (Fsp3) is 0.429. The molecule has 1 heterocycles. The lowest BCUT2D eigenvalue weighted by molar-refractivity contribution is 0.0684. The predicted molar refractivity (Wildman–Crippen MR) is 37.6 cm³/mol. The first-order valence-corrected chi connectivity index (χ1v) is 3.30. The minimum Gasteiger partial charge on any atom is -0.476 e. The van der Waals surface area contributed by atoms with Crippen LogP contribution in [0.4, 0.5) is 0 Å². The Kier molecular flexibility index (Phi) is 1.94. The molecule has 0 aliphatic rings. The van der Waals surface area contributed by atoms with Gasteiger partial charge in [-0.05, 0) is 5.92 Å². The Labute approximate surface area is 63.8 Å². The summed E-state index contributed by atoms with van der Waals surface area (Å²) in [5.41, 5.74) is 0.650. The standard InChI is InChI=1S/C7H9NO3/c1-4(2)5-3-11-8-6(5)7(9)10/h3-4H,1-2H3,(H,9,10). The van der Waals surface area contributed by atoms with E-state index < -0.39 is 5.97 Å². The van der Waals surface area contributed by atoms with Crippen molar-refractivity contribution in [3.05, 3.63) is 17.5 Å². The molecule has 0 aliphatic carbocycles. The van der Waals surface area contributed by atoms with Crippen LogP contribution < -0.4 is 0 Å². The van der Waals surface area contributed by atoms with Crippen molar-refractivity contribution in [2.45, 2.75) is 19.8 Å². The first kappa shape index (κ1) is 7.78. The number of nitrogens with zero attached hydrogens (tertiary/aromatic N) is 1. The molecule has 0 fully saturated rings. The number of carboxylic acids is 1. The molecule has 1 aromatic heterocycles. The van der Waals surface area contributed by atoms with Crippen LogP contribution in [0.3, 0.4) is 0 Å². The molecule has 0 atom stereocenters. The molecular weight excluding hydrogens is 146 g/mol. The van der Waals surface area contributed by atoms with Gasteiger partial charge in [0.15, 0.2) is 5.69 Å². The van der Waals surface area contributed by atoms with Crippen molar-refractivity contribution in [1.82, 2.24) is 5.16 Å². The van der Waals surface area contributed by atoms with E-state index in [-0.39, 0.29) is 11.6 Å². The van der Waals surface area contributed by atoms with Gasteiger partial charge < -0.3 is 9.63 Å². The SMILES string of the molecule is CC(C)c1conc1C(=O)O. The second-order valence-corrected chi connectivity index (χ2v) is 2.58. The fourth-order valence-corrected chi connectivity index (χ4v) is 0.816.